The number of hydrogen-bond donors (Lipinski definition) is 0. The van der Waals surface area contributed by atoms with Crippen molar-refractivity contribution < 1.29 is 9.59 Å². The molecule has 0 bridgehead atoms. The van der Waals surface area contributed by atoms with Crippen molar-refractivity contribution in [1.82, 2.24) is 19.9 Å². The highest BCUT2D eigenvalue weighted by molar-refractivity contribution is 6.03. The molecule has 1 saturated heterocycles. The summed E-state index contributed by atoms with van der Waals surface area (Å²) in [4.78, 5) is 26.1. The zero-order valence-corrected chi connectivity index (χ0v) is 17.2. The van der Waals surface area contributed by atoms with Gasteiger partial charge in [-0.25, -0.2) is 0 Å². The van der Waals surface area contributed by atoms with Crippen molar-refractivity contribution in [3.05, 3.63) is 11.9 Å². The molecule has 6 nitrogen and oxygen atoms in total. The lowest BCUT2D eigenvalue weighted by molar-refractivity contribution is -0.140. The highest BCUT2D eigenvalue weighted by Gasteiger charge is 2.44. The fourth-order valence-corrected chi connectivity index (χ4v) is 3.32. The first-order valence-corrected chi connectivity index (χ1v) is 9.70. The van der Waals surface area contributed by atoms with Gasteiger partial charge in [-0.3, -0.25) is 19.2 Å². The third-order valence-electron chi connectivity index (χ3n) is 5.04. The van der Waals surface area contributed by atoms with E-state index in [0.29, 0.717) is 24.9 Å². The van der Waals surface area contributed by atoms with E-state index in [9.17, 15) is 9.59 Å². The average molecular weight is 363 g/mol. The number of hydrogen-bond acceptors (Lipinski definition) is 4. The summed E-state index contributed by atoms with van der Waals surface area (Å²) in [6.45, 7) is 13.7. The zero-order chi connectivity index (χ0) is 19.5. The van der Waals surface area contributed by atoms with Crippen molar-refractivity contribution >= 4 is 11.8 Å². The van der Waals surface area contributed by atoms with Crippen molar-refractivity contribution in [3.8, 4) is 0 Å². The van der Waals surface area contributed by atoms with Crippen LogP contribution in [0.15, 0.2) is 6.20 Å². The maximum absolute atomic E-state index is 12.5. The van der Waals surface area contributed by atoms with Gasteiger partial charge in [-0.2, -0.15) is 0 Å². The van der Waals surface area contributed by atoms with Crippen LogP contribution in [0.3, 0.4) is 0 Å². The van der Waals surface area contributed by atoms with Crippen LogP contribution in [-0.2, 0) is 22.6 Å². The Morgan fingerprint density at radius 1 is 1.08 bits per heavy atom. The van der Waals surface area contributed by atoms with Crippen molar-refractivity contribution in [2.24, 2.45) is 16.7 Å². The molecule has 1 aromatic rings. The van der Waals surface area contributed by atoms with E-state index in [-0.39, 0.29) is 23.1 Å². The van der Waals surface area contributed by atoms with E-state index in [4.69, 9.17) is 0 Å². The molecule has 1 aromatic heterocycles. The molecule has 0 saturated carbocycles. The van der Waals surface area contributed by atoms with E-state index in [1.165, 1.54) is 17.7 Å². The predicted molar refractivity (Wildman–Crippen MR) is 101 cm³/mol. The van der Waals surface area contributed by atoms with Crippen LogP contribution < -0.4 is 0 Å². The van der Waals surface area contributed by atoms with E-state index >= 15 is 0 Å². The molecular weight excluding hydrogens is 328 g/mol. The van der Waals surface area contributed by atoms with Crippen molar-refractivity contribution in [3.63, 3.8) is 0 Å². The zero-order valence-electron chi connectivity index (χ0n) is 17.2. The van der Waals surface area contributed by atoms with Crippen LogP contribution in [0.2, 0.25) is 0 Å². The minimum absolute atomic E-state index is 0.0509. The van der Waals surface area contributed by atoms with Crippen LogP contribution in [0, 0.1) is 16.7 Å². The molecule has 1 atom stereocenters. The van der Waals surface area contributed by atoms with Gasteiger partial charge in [-0.15, -0.1) is 5.10 Å². The quantitative estimate of drug-likeness (QED) is 0.550. The SMILES string of the molecule is CC(C)(C)CCCCc1cn(CCN2C(=O)CC(C(C)(C)C)C2=O)nn1. The highest BCUT2D eigenvalue weighted by atomic mass is 16.2. The lowest BCUT2D eigenvalue weighted by atomic mass is 9.80. The first-order chi connectivity index (χ1) is 12.0. The monoisotopic (exact) mass is 362 g/mol. The van der Waals surface area contributed by atoms with Crippen LogP contribution in [-0.4, -0.2) is 38.3 Å². The molecular formula is C20H34N4O2. The Morgan fingerprint density at radius 3 is 2.35 bits per heavy atom. The van der Waals surface area contributed by atoms with Gasteiger partial charge in [0.2, 0.25) is 11.8 Å². The molecule has 0 aromatic carbocycles. The summed E-state index contributed by atoms with van der Waals surface area (Å²) in [5.74, 6) is -0.341. The number of amides is 2. The van der Waals surface area contributed by atoms with Crippen LogP contribution in [0.4, 0.5) is 0 Å². The van der Waals surface area contributed by atoms with E-state index in [1.54, 1.807) is 4.68 Å². The van der Waals surface area contributed by atoms with Crippen LogP contribution in [0.5, 0.6) is 0 Å². The maximum atomic E-state index is 12.5. The van der Waals surface area contributed by atoms with Gasteiger partial charge in [0.15, 0.2) is 0 Å². The van der Waals surface area contributed by atoms with E-state index in [2.05, 4.69) is 31.1 Å². The fourth-order valence-electron chi connectivity index (χ4n) is 3.32. The minimum atomic E-state index is -0.218. The van der Waals surface area contributed by atoms with Crippen LogP contribution in [0.25, 0.3) is 0 Å². The Morgan fingerprint density at radius 2 is 1.77 bits per heavy atom. The molecule has 2 amide bonds. The number of rotatable bonds is 7. The molecule has 2 heterocycles. The van der Waals surface area contributed by atoms with Gasteiger partial charge in [-0.05, 0) is 30.1 Å². The Labute approximate surface area is 157 Å². The smallest absolute Gasteiger partial charge is 0.233 e. The topological polar surface area (TPSA) is 68.1 Å². The Balaban J connectivity index is 1.81. The highest BCUT2D eigenvalue weighted by Crippen LogP contribution is 2.35. The molecule has 6 heteroatoms. The number of aromatic nitrogens is 3. The molecule has 0 N–H and O–H groups in total. The van der Waals surface area contributed by atoms with Crippen molar-refractivity contribution in [2.75, 3.05) is 6.54 Å². The second-order valence-corrected chi connectivity index (χ2v) is 9.75. The molecule has 2 rings (SSSR count). The van der Waals surface area contributed by atoms with Gasteiger partial charge < -0.3 is 0 Å². The summed E-state index contributed by atoms with van der Waals surface area (Å²) in [6, 6.07) is 0. The van der Waals surface area contributed by atoms with Gasteiger partial charge in [-0.1, -0.05) is 53.2 Å². The van der Waals surface area contributed by atoms with Crippen molar-refractivity contribution in [1.29, 1.82) is 0 Å². The van der Waals surface area contributed by atoms with Gasteiger partial charge in [0, 0.05) is 19.2 Å². The fraction of sp³-hybridized carbons (Fsp3) is 0.800. The molecule has 26 heavy (non-hydrogen) atoms. The molecule has 1 fully saturated rings. The molecule has 1 aliphatic heterocycles. The van der Waals surface area contributed by atoms with Gasteiger partial charge in [0.05, 0.1) is 18.2 Å². The second-order valence-electron chi connectivity index (χ2n) is 9.75. The molecule has 1 aliphatic rings. The summed E-state index contributed by atoms with van der Waals surface area (Å²) >= 11 is 0. The van der Waals surface area contributed by atoms with Gasteiger partial charge in [0.1, 0.15) is 0 Å². The minimum Gasteiger partial charge on any atom is -0.280 e. The predicted octanol–water partition coefficient (Wildman–Crippen LogP) is 3.46. The Kier molecular flexibility index (Phi) is 6.25. The maximum Gasteiger partial charge on any atom is 0.233 e. The lowest BCUT2D eigenvalue weighted by Crippen LogP contribution is -2.36. The molecule has 146 valence electrons. The van der Waals surface area contributed by atoms with Gasteiger partial charge in [0.25, 0.3) is 0 Å². The van der Waals surface area contributed by atoms with E-state index < -0.39 is 0 Å². The number of likely N-dealkylation sites (tertiary alicyclic amines) is 1. The number of carbonyl (C=O) groups is 2. The molecule has 0 aliphatic carbocycles. The summed E-state index contributed by atoms with van der Waals surface area (Å²) < 4.78 is 1.74. The van der Waals surface area contributed by atoms with Crippen LogP contribution in [0.1, 0.15) is 72.9 Å². The number of imide groups is 1. The summed E-state index contributed by atoms with van der Waals surface area (Å²) in [6.07, 6.45) is 6.66. The van der Waals surface area contributed by atoms with Crippen LogP contribution >= 0.6 is 0 Å². The van der Waals surface area contributed by atoms with Gasteiger partial charge >= 0.3 is 0 Å². The molecule has 0 radical (unpaired) electrons. The summed E-state index contributed by atoms with van der Waals surface area (Å²) in [5, 5.41) is 8.35. The van der Waals surface area contributed by atoms with Crippen molar-refractivity contribution in [2.45, 2.75) is 80.2 Å². The first kappa shape index (κ1) is 20.6. The first-order valence-electron chi connectivity index (χ1n) is 9.70. The average Bonchev–Trinajstić information content (AvgIpc) is 3.05. The Hall–Kier alpha value is -1.72. The number of carbonyl (C=O) groups excluding carboxylic acids is 2. The summed E-state index contributed by atoms with van der Waals surface area (Å²) in [5.41, 5.74) is 1.16. The standard InChI is InChI=1S/C20H34N4O2/c1-19(2,3)10-8-7-9-15-14-23(22-21-15)11-12-24-17(25)13-16(18(24)26)20(4,5)6/h14,16H,7-13H2,1-6H3. The number of aryl methyl sites for hydroxylation is 1. The lowest BCUT2D eigenvalue weighted by Gasteiger charge is -2.24. The third kappa shape index (κ3) is 5.64. The van der Waals surface area contributed by atoms with E-state index in [1.807, 2.05) is 27.0 Å². The third-order valence-corrected chi connectivity index (χ3v) is 5.04. The van der Waals surface area contributed by atoms with E-state index in [0.717, 1.165) is 18.5 Å². The Bertz CT molecular complexity index is 637. The normalized spacial score (nSPS) is 18.8. The summed E-state index contributed by atoms with van der Waals surface area (Å²) in [7, 11) is 0. The molecule has 0 spiro atoms. The number of nitrogens with zero attached hydrogens (tertiary/aromatic N) is 4. The largest absolute Gasteiger partial charge is 0.280 e. The number of unbranched alkanes of at least 4 members (excludes halogenated alkanes) is 1. The molecule has 1 unspecified atom stereocenters. The second kappa shape index (κ2) is 7.89.